The number of hydrogen-bond donors (Lipinski definition) is 0. The molecule has 162 valence electrons. The van der Waals surface area contributed by atoms with Crippen molar-refractivity contribution < 1.29 is 23.8 Å². The molecule has 1 saturated carbocycles. The molecule has 0 aromatic rings. The van der Waals surface area contributed by atoms with E-state index < -0.39 is 17.3 Å². The number of esters is 1. The molecule has 29 heavy (non-hydrogen) atoms. The van der Waals surface area contributed by atoms with E-state index in [1.807, 2.05) is 13.8 Å². The van der Waals surface area contributed by atoms with Crippen molar-refractivity contribution in [2.24, 2.45) is 28.6 Å². The molecule has 5 nitrogen and oxygen atoms in total. The van der Waals surface area contributed by atoms with E-state index in [1.54, 1.807) is 14.0 Å². The predicted octanol–water partition coefficient (Wildman–Crippen LogP) is 4.46. The molecule has 4 atom stereocenters. The molecule has 0 aromatic heterocycles. The molecule has 0 N–H and O–H groups in total. The fraction of sp³-hybridized carbons (Fsp3) is 0.750. The van der Waals surface area contributed by atoms with Gasteiger partial charge in [0.15, 0.2) is 5.78 Å². The number of methoxy groups -OCH3 is 1. The zero-order valence-corrected chi connectivity index (χ0v) is 18.7. The van der Waals surface area contributed by atoms with Crippen LogP contribution in [0.25, 0.3) is 0 Å². The molecule has 0 amide bonds. The fourth-order valence-corrected chi connectivity index (χ4v) is 5.75. The second-order valence-electron chi connectivity index (χ2n) is 9.69. The van der Waals surface area contributed by atoms with Crippen LogP contribution in [0.4, 0.5) is 0 Å². The average Bonchev–Trinajstić information content (AvgIpc) is 2.94. The monoisotopic (exact) mass is 404 g/mol. The lowest BCUT2D eigenvalue weighted by molar-refractivity contribution is -0.165. The van der Waals surface area contributed by atoms with Gasteiger partial charge in [-0.15, -0.1) is 0 Å². The van der Waals surface area contributed by atoms with Gasteiger partial charge >= 0.3 is 5.97 Å². The summed E-state index contributed by atoms with van der Waals surface area (Å²) in [7, 11) is 1.60. The summed E-state index contributed by atoms with van der Waals surface area (Å²) in [6.45, 7) is 10.8. The van der Waals surface area contributed by atoms with Crippen LogP contribution < -0.4 is 0 Å². The van der Waals surface area contributed by atoms with Crippen LogP contribution in [0, 0.1) is 28.6 Å². The van der Waals surface area contributed by atoms with Gasteiger partial charge < -0.3 is 14.2 Å². The SMILES string of the molecule is CCOC(=O)C1C(=O)C(C(C)C)=C[C@@]12CC[C@@H]1C(=CCCC1(C)C)[C@H]2OCOC. The van der Waals surface area contributed by atoms with Crippen molar-refractivity contribution in [2.45, 2.75) is 66.4 Å². The molecule has 0 saturated heterocycles. The second-order valence-corrected chi connectivity index (χ2v) is 9.69. The molecule has 1 fully saturated rings. The van der Waals surface area contributed by atoms with Crippen LogP contribution in [0.3, 0.4) is 0 Å². The van der Waals surface area contributed by atoms with E-state index in [2.05, 4.69) is 26.0 Å². The summed E-state index contributed by atoms with van der Waals surface area (Å²) < 4.78 is 16.9. The Bertz CT molecular complexity index is 717. The van der Waals surface area contributed by atoms with Crippen molar-refractivity contribution >= 4 is 11.8 Å². The first-order valence-electron chi connectivity index (χ1n) is 10.9. The number of carbonyl (C=O) groups is 2. The van der Waals surface area contributed by atoms with Crippen molar-refractivity contribution in [1.29, 1.82) is 0 Å². The van der Waals surface area contributed by atoms with E-state index in [0.717, 1.165) is 31.3 Å². The predicted molar refractivity (Wildman–Crippen MR) is 111 cm³/mol. The van der Waals surface area contributed by atoms with Gasteiger partial charge in [0.25, 0.3) is 0 Å². The number of allylic oxidation sites excluding steroid dienone is 2. The van der Waals surface area contributed by atoms with E-state index >= 15 is 0 Å². The highest BCUT2D eigenvalue weighted by molar-refractivity contribution is 6.12. The summed E-state index contributed by atoms with van der Waals surface area (Å²) in [5.74, 6) is -0.925. The minimum atomic E-state index is -0.839. The van der Waals surface area contributed by atoms with E-state index in [-0.39, 0.29) is 36.6 Å². The number of Topliss-reactive ketones (excluding diaryl/α,β-unsaturated/α-hetero) is 1. The maximum Gasteiger partial charge on any atom is 0.317 e. The maximum atomic E-state index is 13.4. The van der Waals surface area contributed by atoms with Crippen LogP contribution in [-0.4, -0.2) is 38.4 Å². The van der Waals surface area contributed by atoms with Gasteiger partial charge in [-0.05, 0) is 61.0 Å². The van der Waals surface area contributed by atoms with Crippen LogP contribution in [-0.2, 0) is 23.8 Å². The van der Waals surface area contributed by atoms with Gasteiger partial charge in [0.1, 0.15) is 12.7 Å². The molecule has 1 spiro atoms. The van der Waals surface area contributed by atoms with Gasteiger partial charge in [-0.25, -0.2) is 0 Å². The Kier molecular flexibility index (Phi) is 6.40. The van der Waals surface area contributed by atoms with Crippen molar-refractivity contribution in [3.63, 3.8) is 0 Å². The summed E-state index contributed by atoms with van der Waals surface area (Å²) in [4.78, 5) is 26.4. The van der Waals surface area contributed by atoms with Crippen molar-refractivity contribution in [1.82, 2.24) is 0 Å². The lowest BCUT2D eigenvalue weighted by atomic mass is 9.54. The number of carbonyl (C=O) groups excluding carboxylic acids is 2. The smallest absolute Gasteiger partial charge is 0.317 e. The van der Waals surface area contributed by atoms with Gasteiger partial charge in [0, 0.05) is 12.5 Å². The van der Waals surface area contributed by atoms with Crippen LogP contribution in [0.5, 0.6) is 0 Å². The summed E-state index contributed by atoms with van der Waals surface area (Å²) in [6.07, 6.45) is 7.79. The number of hydrogen-bond acceptors (Lipinski definition) is 5. The van der Waals surface area contributed by atoms with Gasteiger partial charge in [-0.3, -0.25) is 9.59 Å². The van der Waals surface area contributed by atoms with Crippen LogP contribution in [0.1, 0.15) is 60.3 Å². The Labute approximate surface area is 174 Å². The normalized spacial score (nSPS) is 33.5. The summed E-state index contributed by atoms with van der Waals surface area (Å²) >= 11 is 0. The first-order valence-corrected chi connectivity index (χ1v) is 10.9. The van der Waals surface area contributed by atoms with Gasteiger partial charge in [-0.2, -0.15) is 0 Å². The van der Waals surface area contributed by atoms with Crippen molar-refractivity contribution in [3.8, 4) is 0 Å². The summed E-state index contributed by atoms with van der Waals surface area (Å²) in [5, 5.41) is 0. The molecule has 0 bridgehead atoms. The number of ether oxygens (including phenoxy) is 3. The van der Waals surface area contributed by atoms with Crippen LogP contribution >= 0.6 is 0 Å². The fourth-order valence-electron chi connectivity index (χ4n) is 5.75. The molecule has 0 aliphatic heterocycles. The largest absolute Gasteiger partial charge is 0.465 e. The Morgan fingerprint density at radius 1 is 1.28 bits per heavy atom. The second kappa shape index (κ2) is 8.35. The Hall–Kier alpha value is -1.46. The first kappa shape index (κ1) is 22.2. The molecule has 1 unspecified atom stereocenters. The zero-order valence-electron chi connectivity index (χ0n) is 18.7. The highest BCUT2D eigenvalue weighted by Crippen LogP contribution is 2.59. The Morgan fingerprint density at radius 3 is 2.62 bits per heavy atom. The lowest BCUT2D eigenvalue weighted by Crippen LogP contribution is -2.53. The topological polar surface area (TPSA) is 61.8 Å². The minimum absolute atomic E-state index is 0.0522. The molecule has 3 aliphatic rings. The third-order valence-electron chi connectivity index (χ3n) is 7.18. The van der Waals surface area contributed by atoms with E-state index in [4.69, 9.17) is 14.2 Å². The third-order valence-corrected chi connectivity index (χ3v) is 7.18. The molecule has 0 radical (unpaired) electrons. The average molecular weight is 405 g/mol. The number of rotatable bonds is 6. The Balaban J connectivity index is 2.12. The van der Waals surface area contributed by atoms with E-state index in [0.29, 0.717) is 5.92 Å². The van der Waals surface area contributed by atoms with Gasteiger partial charge in [-0.1, -0.05) is 39.8 Å². The zero-order chi connectivity index (χ0) is 21.4. The van der Waals surface area contributed by atoms with Gasteiger partial charge in [0.05, 0.1) is 12.7 Å². The van der Waals surface area contributed by atoms with E-state index in [9.17, 15) is 9.59 Å². The van der Waals surface area contributed by atoms with Crippen molar-refractivity contribution in [3.05, 3.63) is 23.3 Å². The van der Waals surface area contributed by atoms with Crippen LogP contribution in [0.2, 0.25) is 0 Å². The minimum Gasteiger partial charge on any atom is -0.465 e. The summed E-state index contributed by atoms with van der Waals surface area (Å²) in [6, 6.07) is 0. The molecule has 0 aromatic carbocycles. The molecule has 5 heteroatoms. The highest BCUT2D eigenvalue weighted by atomic mass is 16.7. The molecule has 0 heterocycles. The maximum absolute atomic E-state index is 13.4. The molecular formula is C24H36O5. The van der Waals surface area contributed by atoms with E-state index in [1.165, 1.54) is 5.57 Å². The molecular weight excluding hydrogens is 368 g/mol. The van der Waals surface area contributed by atoms with Gasteiger partial charge in [0.2, 0.25) is 0 Å². The standard InChI is InChI=1S/C24H36O5/c1-7-28-22(26)19-20(25)17(15(2)3)13-24(19)12-10-18-16(21(24)29-14-27-6)9-8-11-23(18,4)5/h9,13,15,18-19,21H,7-8,10-12,14H2,1-6H3/t18-,19?,21-,24+/m1/s1. The quantitative estimate of drug-likeness (QED) is 0.283. The first-order chi connectivity index (χ1) is 13.7. The molecule has 3 aliphatic carbocycles. The summed E-state index contributed by atoms with van der Waals surface area (Å²) in [5.41, 5.74) is 1.43. The molecule has 3 rings (SSSR count). The third kappa shape index (κ3) is 3.72. The van der Waals surface area contributed by atoms with Crippen LogP contribution in [0.15, 0.2) is 23.3 Å². The highest BCUT2D eigenvalue weighted by Gasteiger charge is 2.61. The number of fused-ring (bicyclic) bond motifs is 1. The Morgan fingerprint density at radius 2 is 2.00 bits per heavy atom. The van der Waals surface area contributed by atoms with Crippen molar-refractivity contribution in [2.75, 3.05) is 20.5 Å². The number of ketones is 1. The lowest BCUT2D eigenvalue weighted by Gasteiger charge is -2.52.